The maximum absolute atomic E-state index is 9.22. The maximum atomic E-state index is 9.22. The number of methoxy groups -OCH3 is 2. The Morgan fingerprint density at radius 2 is 1.56 bits per heavy atom. The van der Waals surface area contributed by atoms with Crippen LogP contribution in [0.3, 0.4) is 0 Å². The van der Waals surface area contributed by atoms with Gasteiger partial charge in [0.25, 0.3) is 0 Å². The Bertz CT molecular complexity index is 656. The fourth-order valence-electron chi connectivity index (χ4n) is 2.04. The average molecular weight is 244 g/mol. The second-order valence-corrected chi connectivity index (χ2v) is 3.95. The summed E-state index contributed by atoms with van der Waals surface area (Å²) >= 11 is 0. The summed E-state index contributed by atoms with van der Waals surface area (Å²) < 4.78 is 16.1. The molecule has 92 valence electrons. The highest BCUT2D eigenvalue weighted by Gasteiger charge is 2.21. The Morgan fingerprint density at radius 3 is 2.06 bits per heavy atom. The standard InChI is InChI=1S/C14H14NO3/c1-8-10-5-13(16-3)14(17-4)6-11(10)12(7-15)9(2)18-8/h5-6H,1-4H3/q+1. The minimum atomic E-state index is 0.525. The van der Waals surface area contributed by atoms with Gasteiger partial charge in [-0.25, -0.2) is 4.42 Å². The normalized spacial score (nSPS) is 10.2. The molecule has 0 spiro atoms. The summed E-state index contributed by atoms with van der Waals surface area (Å²) in [6.45, 7) is 3.64. The van der Waals surface area contributed by atoms with Crippen LogP contribution in [0.4, 0.5) is 0 Å². The minimum absolute atomic E-state index is 0.525. The summed E-state index contributed by atoms with van der Waals surface area (Å²) in [5, 5.41) is 10.9. The van der Waals surface area contributed by atoms with Crippen LogP contribution in [-0.4, -0.2) is 14.2 Å². The van der Waals surface area contributed by atoms with Gasteiger partial charge in [0.2, 0.25) is 0 Å². The summed E-state index contributed by atoms with van der Waals surface area (Å²) in [6.07, 6.45) is 0. The van der Waals surface area contributed by atoms with Gasteiger partial charge in [0, 0.05) is 11.5 Å². The summed E-state index contributed by atoms with van der Waals surface area (Å²) in [4.78, 5) is 0. The molecular weight excluding hydrogens is 230 g/mol. The van der Waals surface area contributed by atoms with E-state index in [4.69, 9.17) is 13.9 Å². The van der Waals surface area contributed by atoms with Crippen LogP contribution >= 0.6 is 0 Å². The van der Waals surface area contributed by atoms with Gasteiger partial charge in [0.15, 0.2) is 17.1 Å². The Labute approximate surface area is 105 Å². The first-order valence-electron chi connectivity index (χ1n) is 5.51. The van der Waals surface area contributed by atoms with Gasteiger partial charge in [-0.15, -0.1) is 0 Å². The molecule has 4 heteroatoms. The fourth-order valence-corrected chi connectivity index (χ4v) is 2.04. The van der Waals surface area contributed by atoms with E-state index in [1.165, 1.54) is 0 Å². The van der Waals surface area contributed by atoms with Crippen LogP contribution in [0.2, 0.25) is 0 Å². The first-order chi connectivity index (χ1) is 8.62. The zero-order valence-corrected chi connectivity index (χ0v) is 10.8. The molecule has 1 aromatic heterocycles. The monoisotopic (exact) mass is 244 g/mol. The van der Waals surface area contributed by atoms with Crippen LogP contribution in [0.1, 0.15) is 17.1 Å². The van der Waals surface area contributed by atoms with Gasteiger partial charge >= 0.3 is 11.5 Å². The lowest BCUT2D eigenvalue weighted by Gasteiger charge is -2.08. The third-order valence-electron chi connectivity index (χ3n) is 2.94. The molecule has 0 aliphatic carbocycles. The molecule has 2 rings (SSSR count). The van der Waals surface area contributed by atoms with Crippen molar-refractivity contribution in [2.75, 3.05) is 14.2 Å². The van der Waals surface area contributed by atoms with Crippen molar-refractivity contribution >= 4 is 10.8 Å². The Kier molecular flexibility index (Phi) is 3.07. The third kappa shape index (κ3) is 1.74. The number of fused-ring (bicyclic) bond motifs is 1. The van der Waals surface area contributed by atoms with Crippen LogP contribution in [0.5, 0.6) is 11.5 Å². The SMILES string of the molecule is COc1cc2c(C)[o+]c(C)c(C#N)c2cc1OC. The highest BCUT2D eigenvalue weighted by atomic mass is 16.5. The number of hydrogen-bond donors (Lipinski definition) is 0. The zero-order valence-electron chi connectivity index (χ0n) is 10.8. The summed E-state index contributed by atoms with van der Waals surface area (Å²) in [6, 6.07) is 5.80. The summed E-state index contributed by atoms with van der Waals surface area (Å²) in [5.74, 6) is 2.58. The molecule has 18 heavy (non-hydrogen) atoms. The number of nitriles is 1. The predicted molar refractivity (Wildman–Crippen MR) is 67.9 cm³/mol. The molecule has 0 aliphatic rings. The summed E-state index contributed by atoms with van der Waals surface area (Å²) in [5.41, 5.74) is 0.525. The van der Waals surface area contributed by atoms with Crippen LogP contribution < -0.4 is 9.47 Å². The molecule has 2 aromatic rings. The van der Waals surface area contributed by atoms with Gasteiger partial charge in [-0.3, -0.25) is 0 Å². The van der Waals surface area contributed by atoms with Crippen molar-refractivity contribution in [3.8, 4) is 17.6 Å². The van der Waals surface area contributed by atoms with E-state index < -0.39 is 0 Å². The predicted octanol–water partition coefficient (Wildman–Crippen LogP) is 3.22. The Balaban J connectivity index is 2.92. The molecule has 0 saturated heterocycles. The molecule has 0 bridgehead atoms. The zero-order chi connectivity index (χ0) is 13.3. The molecule has 1 heterocycles. The largest absolute Gasteiger partial charge is 0.493 e. The van der Waals surface area contributed by atoms with E-state index in [0.717, 1.165) is 16.5 Å². The molecule has 0 unspecified atom stereocenters. The first-order valence-corrected chi connectivity index (χ1v) is 5.51. The van der Waals surface area contributed by atoms with E-state index in [-0.39, 0.29) is 0 Å². The van der Waals surface area contributed by atoms with Gasteiger partial charge < -0.3 is 9.47 Å². The molecule has 1 aromatic carbocycles. The Hall–Kier alpha value is -2.28. The highest BCUT2D eigenvalue weighted by Crippen LogP contribution is 2.35. The van der Waals surface area contributed by atoms with Crippen molar-refractivity contribution in [3.63, 3.8) is 0 Å². The highest BCUT2D eigenvalue weighted by molar-refractivity contribution is 5.92. The van der Waals surface area contributed by atoms with E-state index in [1.807, 2.05) is 19.1 Å². The van der Waals surface area contributed by atoms with E-state index in [9.17, 15) is 5.26 Å². The first kappa shape index (κ1) is 12.2. The molecule has 0 saturated carbocycles. The van der Waals surface area contributed by atoms with Crippen LogP contribution in [0.15, 0.2) is 16.5 Å². The fraction of sp³-hybridized carbons (Fsp3) is 0.286. The Morgan fingerprint density at radius 1 is 1.00 bits per heavy atom. The lowest BCUT2D eigenvalue weighted by molar-refractivity contribution is 0.355. The molecule has 0 N–H and O–H groups in total. The average Bonchev–Trinajstić information content (AvgIpc) is 2.37. The van der Waals surface area contributed by atoms with Crippen molar-refractivity contribution in [3.05, 3.63) is 29.2 Å². The smallest absolute Gasteiger partial charge is 0.344 e. The van der Waals surface area contributed by atoms with Crippen molar-refractivity contribution in [1.82, 2.24) is 0 Å². The van der Waals surface area contributed by atoms with Crippen LogP contribution in [0.25, 0.3) is 10.8 Å². The number of rotatable bonds is 2. The summed E-state index contributed by atoms with van der Waals surface area (Å²) in [7, 11) is 3.15. The van der Waals surface area contributed by atoms with E-state index in [1.54, 1.807) is 21.1 Å². The number of ether oxygens (including phenoxy) is 2. The molecule has 0 radical (unpaired) electrons. The molecular formula is C14H14NO3+. The molecule has 4 nitrogen and oxygen atoms in total. The number of benzene rings is 1. The van der Waals surface area contributed by atoms with E-state index >= 15 is 0 Å². The maximum Gasteiger partial charge on any atom is 0.344 e. The molecule has 0 fully saturated rings. The van der Waals surface area contributed by atoms with Crippen molar-refractivity contribution in [2.24, 2.45) is 0 Å². The van der Waals surface area contributed by atoms with Gasteiger partial charge in [-0.1, -0.05) is 0 Å². The molecule has 0 aliphatic heterocycles. The molecule has 0 amide bonds. The number of aryl methyl sites for hydroxylation is 2. The van der Waals surface area contributed by atoms with Crippen molar-refractivity contribution in [2.45, 2.75) is 13.8 Å². The van der Waals surface area contributed by atoms with Gasteiger partial charge in [-0.05, 0) is 6.07 Å². The third-order valence-corrected chi connectivity index (χ3v) is 2.94. The van der Waals surface area contributed by atoms with E-state index in [0.29, 0.717) is 22.8 Å². The topological polar surface area (TPSA) is 53.5 Å². The van der Waals surface area contributed by atoms with Crippen LogP contribution in [0, 0.1) is 25.2 Å². The number of hydrogen-bond acceptors (Lipinski definition) is 3. The lowest BCUT2D eigenvalue weighted by Crippen LogP contribution is -1.94. The van der Waals surface area contributed by atoms with E-state index in [2.05, 4.69) is 6.07 Å². The molecule has 0 atom stereocenters. The van der Waals surface area contributed by atoms with Gasteiger partial charge in [0.05, 0.1) is 33.5 Å². The van der Waals surface area contributed by atoms with Gasteiger partial charge in [0.1, 0.15) is 6.07 Å². The van der Waals surface area contributed by atoms with Crippen molar-refractivity contribution < 1.29 is 13.9 Å². The van der Waals surface area contributed by atoms with Crippen molar-refractivity contribution in [1.29, 1.82) is 5.26 Å². The number of nitrogens with zero attached hydrogens (tertiary/aromatic N) is 1. The second-order valence-electron chi connectivity index (χ2n) is 3.95. The van der Waals surface area contributed by atoms with Gasteiger partial charge in [-0.2, -0.15) is 5.26 Å². The van der Waals surface area contributed by atoms with Crippen LogP contribution in [-0.2, 0) is 0 Å². The lowest BCUT2D eigenvalue weighted by atomic mass is 10.0. The second kappa shape index (κ2) is 4.53. The minimum Gasteiger partial charge on any atom is -0.493 e. The quantitative estimate of drug-likeness (QED) is 0.761.